The van der Waals surface area contributed by atoms with E-state index in [9.17, 15) is 4.79 Å². The zero-order valence-electron chi connectivity index (χ0n) is 10.0. The zero-order valence-corrected chi connectivity index (χ0v) is 10.0. The van der Waals surface area contributed by atoms with Crippen LogP contribution < -0.4 is 0 Å². The number of allylic oxidation sites excluding steroid dienone is 1. The molecule has 2 heteroatoms. The van der Waals surface area contributed by atoms with Crippen molar-refractivity contribution in [1.82, 2.24) is 0 Å². The van der Waals surface area contributed by atoms with E-state index in [1.54, 1.807) is 13.0 Å². The minimum absolute atomic E-state index is 0.00625. The van der Waals surface area contributed by atoms with E-state index in [0.29, 0.717) is 12.0 Å². The van der Waals surface area contributed by atoms with Crippen molar-refractivity contribution in [3.63, 3.8) is 0 Å². The Morgan fingerprint density at radius 3 is 2.67 bits per heavy atom. The standard InChI is InChI=1S/C13H20O2/c1-9(14)5-6-10-12(2,3)8-7-11-13(10,4)15-11/h5-6,10-11H,7-8H2,1-4H3/b6-5+/t10-,11+,13+/m1/s1. The number of hydrogen-bond donors (Lipinski definition) is 0. The molecule has 2 fully saturated rings. The van der Waals surface area contributed by atoms with E-state index in [4.69, 9.17) is 4.74 Å². The van der Waals surface area contributed by atoms with E-state index in [-0.39, 0.29) is 16.8 Å². The van der Waals surface area contributed by atoms with Crippen LogP contribution in [-0.2, 0) is 9.53 Å². The molecule has 84 valence electrons. The Morgan fingerprint density at radius 1 is 1.40 bits per heavy atom. The number of rotatable bonds is 2. The summed E-state index contributed by atoms with van der Waals surface area (Å²) in [6, 6.07) is 0. The molecule has 2 nitrogen and oxygen atoms in total. The summed E-state index contributed by atoms with van der Waals surface area (Å²) in [4.78, 5) is 11.0. The summed E-state index contributed by atoms with van der Waals surface area (Å²) in [5.41, 5.74) is 0.237. The summed E-state index contributed by atoms with van der Waals surface area (Å²) in [6.07, 6.45) is 6.52. The summed E-state index contributed by atoms with van der Waals surface area (Å²) in [6.45, 7) is 8.31. The number of hydrogen-bond acceptors (Lipinski definition) is 2. The van der Waals surface area contributed by atoms with Gasteiger partial charge in [0.15, 0.2) is 5.78 Å². The smallest absolute Gasteiger partial charge is 0.152 e. The summed E-state index contributed by atoms with van der Waals surface area (Å²) >= 11 is 0. The molecular formula is C13H20O2. The Balaban J connectivity index is 2.21. The highest BCUT2D eigenvalue weighted by molar-refractivity contribution is 5.87. The monoisotopic (exact) mass is 208 g/mol. The zero-order chi connectivity index (χ0) is 11.3. The second-order valence-electron chi connectivity index (χ2n) is 5.77. The maximum atomic E-state index is 11.0. The first-order chi connectivity index (χ1) is 6.86. The van der Waals surface area contributed by atoms with Gasteiger partial charge >= 0.3 is 0 Å². The molecule has 0 radical (unpaired) electrons. The highest BCUT2D eigenvalue weighted by Crippen LogP contribution is 2.58. The largest absolute Gasteiger partial charge is 0.366 e. The molecule has 0 aromatic rings. The SMILES string of the molecule is CC(=O)/C=C/[C@@H]1C(C)(C)CC[C@@H]2O[C@]21C. The number of ketones is 1. The van der Waals surface area contributed by atoms with Crippen molar-refractivity contribution in [3.8, 4) is 0 Å². The fourth-order valence-electron chi connectivity index (χ4n) is 3.01. The summed E-state index contributed by atoms with van der Waals surface area (Å²) < 4.78 is 5.78. The number of epoxide rings is 1. The molecule has 0 unspecified atom stereocenters. The molecule has 15 heavy (non-hydrogen) atoms. The second-order valence-corrected chi connectivity index (χ2v) is 5.77. The fraction of sp³-hybridized carbons (Fsp3) is 0.769. The second kappa shape index (κ2) is 3.18. The predicted octanol–water partition coefficient (Wildman–Crippen LogP) is 2.73. The lowest BCUT2D eigenvalue weighted by Crippen LogP contribution is -2.39. The Morgan fingerprint density at radius 2 is 2.07 bits per heavy atom. The van der Waals surface area contributed by atoms with Crippen molar-refractivity contribution in [3.05, 3.63) is 12.2 Å². The van der Waals surface area contributed by atoms with E-state index in [1.165, 1.54) is 6.42 Å². The lowest BCUT2D eigenvalue weighted by Gasteiger charge is -2.38. The molecule has 1 saturated carbocycles. The molecule has 0 aromatic carbocycles. The lowest BCUT2D eigenvalue weighted by molar-refractivity contribution is -0.112. The van der Waals surface area contributed by atoms with E-state index < -0.39 is 0 Å². The third-order valence-electron chi connectivity index (χ3n) is 4.01. The number of carbonyl (C=O) groups is 1. The van der Waals surface area contributed by atoms with Gasteiger partial charge in [0, 0.05) is 5.92 Å². The van der Waals surface area contributed by atoms with Crippen LogP contribution in [0.5, 0.6) is 0 Å². The van der Waals surface area contributed by atoms with Crippen molar-refractivity contribution in [2.45, 2.75) is 52.2 Å². The molecule has 2 aliphatic rings. The lowest BCUT2D eigenvalue weighted by atomic mass is 9.64. The molecule has 0 bridgehead atoms. The number of carbonyl (C=O) groups excluding carboxylic acids is 1. The molecule has 1 aliphatic carbocycles. The van der Waals surface area contributed by atoms with Crippen molar-refractivity contribution in [2.24, 2.45) is 11.3 Å². The molecule has 0 amide bonds. The third-order valence-corrected chi connectivity index (χ3v) is 4.01. The van der Waals surface area contributed by atoms with Gasteiger partial charge in [0.1, 0.15) is 0 Å². The molecule has 1 aliphatic heterocycles. The molecule has 3 atom stereocenters. The molecular weight excluding hydrogens is 188 g/mol. The van der Waals surface area contributed by atoms with Crippen LogP contribution in [0.25, 0.3) is 0 Å². The van der Waals surface area contributed by atoms with Crippen LogP contribution in [0.2, 0.25) is 0 Å². The first-order valence-electron chi connectivity index (χ1n) is 5.73. The van der Waals surface area contributed by atoms with Crippen molar-refractivity contribution in [2.75, 3.05) is 0 Å². The van der Waals surface area contributed by atoms with Crippen LogP contribution in [-0.4, -0.2) is 17.5 Å². The van der Waals surface area contributed by atoms with Crippen LogP contribution in [0.3, 0.4) is 0 Å². The first-order valence-corrected chi connectivity index (χ1v) is 5.73. The Kier molecular flexibility index (Phi) is 2.30. The van der Waals surface area contributed by atoms with Gasteiger partial charge in [-0.15, -0.1) is 0 Å². The Labute approximate surface area is 91.7 Å². The predicted molar refractivity (Wildman–Crippen MR) is 59.6 cm³/mol. The molecule has 2 rings (SSSR count). The normalized spacial score (nSPS) is 42.7. The van der Waals surface area contributed by atoms with Crippen LogP contribution in [0.4, 0.5) is 0 Å². The van der Waals surface area contributed by atoms with Gasteiger partial charge in [0.25, 0.3) is 0 Å². The molecule has 0 aromatic heterocycles. The van der Waals surface area contributed by atoms with E-state index in [1.807, 2.05) is 0 Å². The summed E-state index contributed by atoms with van der Waals surface area (Å²) in [5.74, 6) is 0.491. The summed E-state index contributed by atoms with van der Waals surface area (Å²) in [7, 11) is 0. The average molecular weight is 208 g/mol. The average Bonchev–Trinajstić information content (AvgIpc) is 2.74. The Hall–Kier alpha value is -0.630. The van der Waals surface area contributed by atoms with Gasteiger partial charge < -0.3 is 4.74 Å². The van der Waals surface area contributed by atoms with Crippen LogP contribution in [0.1, 0.15) is 40.5 Å². The topological polar surface area (TPSA) is 29.6 Å². The van der Waals surface area contributed by atoms with Gasteiger partial charge in [-0.05, 0) is 38.2 Å². The van der Waals surface area contributed by atoms with Crippen LogP contribution in [0, 0.1) is 11.3 Å². The van der Waals surface area contributed by atoms with Gasteiger partial charge in [-0.25, -0.2) is 0 Å². The number of fused-ring (bicyclic) bond motifs is 1. The van der Waals surface area contributed by atoms with Gasteiger partial charge in [0.05, 0.1) is 11.7 Å². The van der Waals surface area contributed by atoms with Crippen molar-refractivity contribution < 1.29 is 9.53 Å². The van der Waals surface area contributed by atoms with Crippen molar-refractivity contribution >= 4 is 5.78 Å². The van der Waals surface area contributed by atoms with Gasteiger partial charge in [-0.2, -0.15) is 0 Å². The highest BCUT2D eigenvalue weighted by atomic mass is 16.6. The van der Waals surface area contributed by atoms with E-state index in [2.05, 4.69) is 26.8 Å². The quantitative estimate of drug-likeness (QED) is 0.516. The fourth-order valence-corrected chi connectivity index (χ4v) is 3.01. The molecule has 1 saturated heterocycles. The maximum Gasteiger partial charge on any atom is 0.152 e. The molecule has 1 heterocycles. The minimum atomic E-state index is -0.00625. The van der Waals surface area contributed by atoms with E-state index in [0.717, 1.165) is 6.42 Å². The molecule has 0 N–H and O–H groups in total. The first kappa shape index (κ1) is 10.9. The van der Waals surface area contributed by atoms with Gasteiger partial charge in [-0.3, -0.25) is 4.79 Å². The number of ether oxygens (including phenoxy) is 1. The van der Waals surface area contributed by atoms with Crippen LogP contribution >= 0.6 is 0 Å². The minimum Gasteiger partial charge on any atom is -0.366 e. The third kappa shape index (κ3) is 1.76. The molecule has 0 spiro atoms. The summed E-state index contributed by atoms with van der Waals surface area (Å²) in [5, 5.41) is 0. The van der Waals surface area contributed by atoms with Crippen LogP contribution in [0.15, 0.2) is 12.2 Å². The highest BCUT2D eigenvalue weighted by Gasteiger charge is 2.63. The van der Waals surface area contributed by atoms with E-state index >= 15 is 0 Å². The van der Waals surface area contributed by atoms with Crippen molar-refractivity contribution in [1.29, 1.82) is 0 Å². The van der Waals surface area contributed by atoms with Gasteiger partial charge in [0.2, 0.25) is 0 Å². The Bertz CT molecular complexity index is 312. The maximum absolute atomic E-state index is 11.0. The van der Waals surface area contributed by atoms with Gasteiger partial charge in [-0.1, -0.05) is 19.9 Å².